The van der Waals surface area contributed by atoms with Crippen molar-refractivity contribution in [2.75, 3.05) is 5.32 Å². The summed E-state index contributed by atoms with van der Waals surface area (Å²) >= 11 is 3.27. The molecule has 1 nitrogen and oxygen atoms in total. The molecule has 2 aromatic carbocycles. The lowest BCUT2D eigenvalue weighted by Gasteiger charge is -2.13. The second-order valence-corrected chi connectivity index (χ2v) is 5.82. The fourth-order valence-corrected chi connectivity index (χ4v) is 2.33. The van der Waals surface area contributed by atoms with Crippen molar-refractivity contribution >= 4 is 21.6 Å². The van der Waals surface area contributed by atoms with Gasteiger partial charge in [-0.3, -0.25) is 0 Å². The molecule has 0 aromatic heterocycles. The number of halogens is 4. The van der Waals surface area contributed by atoms with Gasteiger partial charge in [-0.15, -0.1) is 0 Å². The van der Waals surface area contributed by atoms with Gasteiger partial charge in [0.2, 0.25) is 0 Å². The first-order valence-electron chi connectivity index (χ1n) is 6.44. The Kier molecular flexibility index (Phi) is 4.61. The summed E-state index contributed by atoms with van der Waals surface area (Å²) < 4.78 is 38.8. The number of alkyl halides is 3. The van der Waals surface area contributed by atoms with Crippen LogP contribution in [-0.2, 0) is 12.7 Å². The van der Waals surface area contributed by atoms with Gasteiger partial charge < -0.3 is 5.32 Å². The van der Waals surface area contributed by atoms with E-state index >= 15 is 0 Å². The molecular formula is C16H15BrF3N. The molecule has 0 heterocycles. The predicted molar refractivity (Wildman–Crippen MR) is 82.4 cm³/mol. The van der Waals surface area contributed by atoms with Crippen molar-refractivity contribution in [3.63, 3.8) is 0 Å². The van der Waals surface area contributed by atoms with E-state index in [0.29, 0.717) is 16.7 Å². The fourth-order valence-electron chi connectivity index (χ4n) is 1.95. The first-order valence-corrected chi connectivity index (χ1v) is 7.23. The molecule has 5 heteroatoms. The van der Waals surface area contributed by atoms with Gasteiger partial charge in [0.1, 0.15) is 0 Å². The van der Waals surface area contributed by atoms with Crippen LogP contribution in [0, 0.1) is 13.8 Å². The highest BCUT2D eigenvalue weighted by Gasteiger charge is 2.30. The monoisotopic (exact) mass is 357 g/mol. The first kappa shape index (κ1) is 15.9. The molecule has 0 unspecified atom stereocenters. The molecule has 0 aliphatic rings. The van der Waals surface area contributed by atoms with Crippen LogP contribution in [0.25, 0.3) is 0 Å². The minimum atomic E-state index is -4.34. The number of hydrogen-bond acceptors (Lipinski definition) is 1. The highest BCUT2D eigenvalue weighted by Crippen LogP contribution is 2.34. The van der Waals surface area contributed by atoms with Crippen molar-refractivity contribution in [3.8, 4) is 0 Å². The Balaban J connectivity index is 2.17. The summed E-state index contributed by atoms with van der Waals surface area (Å²) in [6.07, 6.45) is -4.34. The third-order valence-electron chi connectivity index (χ3n) is 3.35. The molecule has 0 aliphatic heterocycles. The number of benzene rings is 2. The van der Waals surface area contributed by atoms with Crippen molar-refractivity contribution in [1.29, 1.82) is 0 Å². The van der Waals surface area contributed by atoms with Gasteiger partial charge >= 0.3 is 6.18 Å². The summed E-state index contributed by atoms with van der Waals surface area (Å²) in [5, 5.41) is 3.04. The molecule has 2 aromatic rings. The zero-order valence-electron chi connectivity index (χ0n) is 11.7. The Morgan fingerprint density at radius 3 is 2.33 bits per heavy atom. The number of anilines is 1. The van der Waals surface area contributed by atoms with Crippen LogP contribution in [0.15, 0.2) is 40.9 Å². The maximum atomic E-state index is 12.7. The largest absolute Gasteiger partial charge is 0.416 e. The zero-order chi connectivity index (χ0) is 15.6. The topological polar surface area (TPSA) is 12.0 Å². The summed E-state index contributed by atoms with van der Waals surface area (Å²) in [5.41, 5.74) is 3.16. The summed E-state index contributed by atoms with van der Waals surface area (Å²) in [5.74, 6) is 0. The molecule has 0 atom stereocenters. The normalized spacial score (nSPS) is 11.5. The van der Waals surface area contributed by atoms with Crippen molar-refractivity contribution < 1.29 is 13.2 Å². The number of nitrogens with one attached hydrogen (secondary N) is 1. The van der Waals surface area contributed by atoms with Crippen molar-refractivity contribution in [1.82, 2.24) is 0 Å². The number of hydrogen-bond donors (Lipinski definition) is 1. The number of rotatable bonds is 3. The van der Waals surface area contributed by atoms with Crippen molar-refractivity contribution in [2.24, 2.45) is 0 Å². The molecule has 0 aliphatic carbocycles. The second kappa shape index (κ2) is 6.10. The van der Waals surface area contributed by atoms with Crippen LogP contribution in [0.2, 0.25) is 0 Å². The Morgan fingerprint density at radius 1 is 1.00 bits per heavy atom. The van der Waals surface area contributed by atoms with E-state index in [9.17, 15) is 13.2 Å². The lowest BCUT2D eigenvalue weighted by Crippen LogP contribution is -2.07. The van der Waals surface area contributed by atoms with E-state index in [1.807, 2.05) is 32.0 Å². The maximum absolute atomic E-state index is 12.7. The predicted octanol–water partition coefficient (Wildman–Crippen LogP) is 5.70. The van der Waals surface area contributed by atoms with Gasteiger partial charge in [-0.1, -0.05) is 18.2 Å². The van der Waals surface area contributed by atoms with Gasteiger partial charge in [0, 0.05) is 16.7 Å². The van der Waals surface area contributed by atoms with Gasteiger partial charge in [0.15, 0.2) is 0 Å². The van der Waals surface area contributed by atoms with Crippen LogP contribution in [0.1, 0.15) is 22.3 Å². The molecule has 112 valence electrons. The van der Waals surface area contributed by atoms with E-state index < -0.39 is 11.7 Å². The van der Waals surface area contributed by atoms with E-state index in [1.165, 1.54) is 11.6 Å². The van der Waals surface area contributed by atoms with E-state index in [2.05, 4.69) is 21.2 Å². The molecule has 0 saturated heterocycles. The highest BCUT2D eigenvalue weighted by atomic mass is 79.9. The van der Waals surface area contributed by atoms with E-state index in [1.54, 1.807) is 0 Å². The lowest BCUT2D eigenvalue weighted by molar-refractivity contribution is -0.137. The van der Waals surface area contributed by atoms with Gasteiger partial charge in [0.25, 0.3) is 0 Å². The fraction of sp³-hybridized carbons (Fsp3) is 0.250. The van der Waals surface area contributed by atoms with Crippen LogP contribution in [0.3, 0.4) is 0 Å². The third-order valence-corrected chi connectivity index (χ3v) is 4.04. The molecule has 21 heavy (non-hydrogen) atoms. The molecule has 0 fully saturated rings. The molecule has 0 bridgehead atoms. The first-order chi connectivity index (χ1) is 9.77. The van der Waals surface area contributed by atoms with Crippen LogP contribution >= 0.6 is 15.9 Å². The average molecular weight is 358 g/mol. The van der Waals surface area contributed by atoms with Crippen LogP contribution < -0.4 is 5.32 Å². The quantitative estimate of drug-likeness (QED) is 0.743. The minimum absolute atomic E-state index is 0.433. The van der Waals surface area contributed by atoms with Crippen molar-refractivity contribution in [3.05, 3.63) is 63.1 Å². The van der Waals surface area contributed by atoms with Crippen LogP contribution in [0.4, 0.5) is 18.9 Å². The summed E-state index contributed by atoms with van der Waals surface area (Å²) in [6.45, 7) is 4.51. The van der Waals surface area contributed by atoms with Gasteiger partial charge in [-0.2, -0.15) is 13.2 Å². The van der Waals surface area contributed by atoms with Gasteiger partial charge in [0.05, 0.1) is 5.56 Å². The second-order valence-electron chi connectivity index (χ2n) is 4.96. The number of aryl methyl sites for hydroxylation is 2. The molecule has 0 saturated carbocycles. The molecule has 0 spiro atoms. The molecule has 0 amide bonds. The third kappa shape index (κ3) is 4.00. The molecule has 0 radical (unpaired) electrons. The molecule has 1 N–H and O–H groups in total. The summed E-state index contributed by atoms with van der Waals surface area (Å²) in [6, 6.07) is 9.59. The smallest absolute Gasteiger partial charge is 0.380 e. The van der Waals surface area contributed by atoms with E-state index in [-0.39, 0.29) is 0 Å². The van der Waals surface area contributed by atoms with Gasteiger partial charge in [-0.25, -0.2) is 0 Å². The Hall–Kier alpha value is -1.49. The Bertz CT molecular complexity index is 650. The highest BCUT2D eigenvalue weighted by molar-refractivity contribution is 9.10. The maximum Gasteiger partial charge on any atom is 0.416 e. The van der Waals surface area contributed by atoms with Gasteiger partial charge in [-0.05, 0) is 64.7 Å². The lowest BCUT2D eigenvalue weighted by atomic mass is 10.1. The van der Waals surface area contributed by atoms with Crippen molar-refractivity contribution in [2.45, 2.75) is 26.6 Å². The van der Waals surface area contributed by atoms with Crippen LogP contribution in [0.5, 0.6) is 0 Å². The van der Waals surface area contributed by atoms with E-state index in [0.717, 1.165) is 23.3 Å². The minimum Gasteiger partial charge on any atom is -0.380 e. The standard InChI is InChI=1S/C16H15BrF3N/c1-10-3-4-12(7-11(10)2)9-21-15-8-13(16(18,19)20)5-6-14(15)17/h3-8,21H,9H2,1-2H3. The zero-order valence-corrected chi connectivity index (χ0v) is 13.3. The van der Waals surface area contributed by atoms with E-state index in [4.69, 9.17) is 0 Å². The summed E-state index contributed by atoms with van der Waals surface area (Å²) in [4.78, 5) is 0. The Labute approximate surface area is 130 Å². The molecular weight excluding hydrogens is 343 g/mol. The summed E-state index contributed by atoms with van der Waals surface area (Å²) in [7, 11) is 0. The van der Waals surface area contributed by atoms with Crippen LogP contribution in [-0.4, -0.2) is 0 Å². The Morgan fingerprint density at radius 2 is 1.71 bits per heavy atom. The average Bonchev–Trinajstić information content (AvgIpc) is 2.40. The SMILES string of the molecule is Cc1ccc(CNc2cc(C(F)(F)F)ccc2Br)cc1C. The molecule has 2 rings (SSSR count).